The van der Waals surface area contributed by atoms with Gasteiger partial charge in [-0.2, -0.15) is 5.10 Å². The number of hydrogen-bond acceptors (Lipinski definition) is 3. The summed E-state index contributed by atoms with van der Waals surface area (Å²) in [4.78, 5) is 2.32. The molecule has 0 aliphatic heterocycles. The molecule has 1 heterocycles. The first-order chi connectivity index (χ1) is 10.1. The Bertz CT molecular complexity index is 522. The zero-order valence-electron chi connectivity index (χ0n) is 12.9. The Morgan fingerprint density at radius 2 is 2.00 bits per heavy atom. The van der Waals surface area contributed by atoms with Crippen LogP contribution in [0.25, 0.3) is 0 Å². The highest BCUT2D eigenvalue weighted by Gasteiger charge is 2.09. The zero-order chi connectivity index (χ0) is 15.1. The number of aliphatic hydroxyl groups is 1. The van der Waals surface area contributed by atoms with Crippen LogP contribution in [0, 0.1) is 0 Å². The second-order valence-corrected chi connectivity index (χ2v) is 5.70. The van der Waals surface area contributed by atoms with Crippen molar-refractivity contribution in [2.24, 2.45) is 7.05 Å². The van der Waals surface area contributed by atoms with Gasteiger partial charge in [-0.3, -0.25) is 9.58 Å². The van der Waals surface area contributed by atoms with E-state index in [1.54, 1.807) is 0 Å². The Labute approximate surface area is 127 Å². The molecule has 114 valence electrons. The number of aliphatic hydroxyl groups excluding tert-OH is 1. The second kappa shape index (κ2) is 7.96. The standard InChI is InChI=1S/C17H25N3O/c1-15(21)12-20(14-16-7-4-3-5-8-16)10-6-9-17-11-18-19(2)13-17/h3-5,7-8,11,13,15,21H,6,9-10,12,14H2,1-2H3/t15-/m1/s1. The fourth-order valence-corrected chi connectivity index (χ4v) is 2.56. The van der Waals surface area contributed by atoms with Crippen molar-refractivity contribution in [3.63, 3.8) is 0 Å². The third kappa shape index (κ3) is 5.69. The maximum Gasteiger partial charge on any atom is 0.0639 e. The maximum atomic E-state index is 9.67. The van der Waals surface area contributed by atoms with Crippen LogP contribution in [0.2, 0.25) is 0 Å². The van der Waals surface area contributed by atoms with Crippen LogP contribution in [-0.2, 0) is 20.0 Å². The first kappa shape index (κ1) is 15.7. The molecular formula is C17H25N3O. The van der Waals surface area contributed by atoms with Gasteiger partial charge >= 0.3 is 0 Å². The van der Waals surface area contributed by atoms with Crippen LogP contribution in [0.3, 0.4) is 0 Å². The lowest BCUT2D eigenvalue weighted by Crippen LogP contribution is -2.31. The SMILES string of the molecule is C[C@@H](O)CN(CCCc1cnn(C)c1)Cc1ccccc1. The number of nitrogens with zero attached hydrogens (tertiary/aromatic N) is 3. The summed E-state index contributed by atoms with van der Waals surface area (Å²) >= 11 is 0. The van der Waals surface area contributed by atoms with Gasteiger partial charge in [-0.25, -0.2) is 0 Å². The van der Waals surface area contributed by atoms with Crippen molar-refractivity contribution >= 4 is 0 Å². The predicted molar refractivity (Wildman–Crippen MR) is 84.9 cm³/mol. The van der Waals surface area contributed by atoms with Crippen molar-refractivity contribution in [3.8, 4) is 0 Å². The normalized spacial score (nSPS) is 12.8. The fraction of sp³-hybridized carbons (Fsp3) is 0.471. The summed E-state index contributed by atoms with van der Waals surface area (Å²) < 4.78 is 1.84. The predicted octanol–water partition coefficient (Wildman–Crippen LogP) is 2.24. The first-order valence-electron chi connectivity index (χ1n) is 7.55. The molecule has 0 spiro atoms. The lowest BCUT2D eigenvalue weighted by Gasteiger charge is -2.23. The van der Waals surface area contributed by atoms with Gasteiger partial charge in [0.2, 0.25) is 0 Å². The highest BCUT2D eigenvalue weighted by Crippen LogP contribution is 2.08. The minimum atomic E-state index is -0.299. The molecule has 0 bridgehead atoms. The quantitative estimate of drug-likeness (QED) is 0.809. The van der Waals surface area contributed by atoms with Crippen molar-refractivity contribution in [1.29, 1.82) is 0 Å². The topological polar surface area (TPSA) is 41.3 Å². The first-order valence-corrected chi connectivity index (χ1v) is 7.55. The van der Waals surface area contributed by atoms with Gasteiger partial charge in [0.05, 0.1) is 12.3 Å². The summed E-state index contributed by atoms with van der Waals surface area (Å²) in [5, 5.41) is 13.9. The van der Waals surface area contributed by atoms with E-state index in [2.05, 4.69) is 40.5 Å². The molecule has 4 heteroatoms. The molecule has 1 aromatic carbocycles. The highest BCUT2D eigenvalue weighted by atomic mass is 16.3. The Hall–Kier alpha value is -1.65. The van der Waals surface area contributed by atoms with Gasteiger partial charge in [0.1, 0.15) is 0 Å². The largest absolute Gasteiger partial charge is 0.392 e. The smallest absolute Gasteiger partial charge is 0.0639 e. The van der Waals surface area contributed by atoms with Gasteiger partial charge in [-0.15, -0.1) is 0 Å². The summed E-state index contributed by atoms with van der Waals surface area (Å²) in [6, 6.07) is 10.4. The minimum Gasteiger partial charge on any atom is -0.392 e. The van der Waals surface area contributed by atoms with Gasteiger partial charge in [-0.1, -0.05) is 30.3 Å². The van der Waals surface area contributed by atoms with Crippen LogP contribution in [0.1, 0.15) is 24.5 Å². The lowest BCUT2D eigenvalue weighted by atomic mass is 10.1. The van der Waals surface area contributed by atoms with E-state index in [0.29, 0.717) is 6.54 Å². The summed E-state index contributed by atoms with van der Waals surface area (Å²) in [5.74, 6) is 0. The molecule has 0 aliphatic rings. The third-order valence-corrected chi connectivity index (χ3v) is 3.47. The molecule has 0 saturated carbocycles. The van der Waals surface area contributed by atoms with Gasteiger partial charge in [-0.05, 0) is 37.4 Å². The molecule has 1 N–H and O–H groups in total. The monoisotopic (exact) mass is 287 g/mol. The molecule has 2 aromatic rings. The van der Waals surface area contributed by atoms with Crippen LogP contribution < -0.4 is 0 Å². The van der Waals surface area contributed by atoms with Crippen LogP contribution in [0.15, 0.2) is 42.7 Å². The van der Waals surface area contributed by atoms with Gasteiger partial charge in [0.25, 0.3) is 0 Å². The van der Waals surface area contributed by atoms with E-state index in [9.17, 15) is 5.11 Å². The van der Waals surface area contributed by atoms with Crippen molar-refractivity contribution < 1.29 is 5.11 Å². The summed E-state index contributed by atoms with van der Waals surface area (Å²) in [7, 11) is 1.94. The van der Waals surface area contributed by atoms with E-state index in [1.807, 2.05) is 30.9 Å². The molecule has 0 saturated heterocycles. The maximum absolute atomic E-state index is 9.67. The Morgan fingerprint density at radius 1 is 1.24 bits per heavy atom. The van der Waals surface area contributed by atoms with E-state index in [4.69, 9.17) is 0 Å². The minimum absolute atomic E-state index is 0.299. The molecule has 0 aliphatic carbocycles. The average molecular weight is 287 g/mol. The fourth-order valence-electron chi connectivity index (χ4n) is 2.56. The number of rotatable bonds is 8. The summed E-state index contributed by atoms with van der Waals surface area (Å²) in [6.45, 7) is 4.43. The molecular weight excluding hydrogens is 262 g/mol. The molecule has 1 atom stereocenters. The third-order valence-electron chi connectivity index (χ3n) is 3.47. The van der Waals surface area contributed by atoms with E-state index in [0.717, 1.165) is 25.9 Å². The van der Waals surface area contributed by atoms with E-state index in [-0.39, 0.29) is 6.10 Å². The second-order valence-electron chi connectivity index (χ2n) is 5.70. The van der Waals surface area contributed by atoms with Gasteiger partial charge in [0.15, 0.2) is 0 Å². The molecule has 2 rings (SSSR count). The molecule has 1 aromatic heterocycles. The van der Waals surface area contributed by atoms with E-state index >= 15 is 0 Å². The van der Waals surface area contributed by atoms with Crippen LogP contribution >= 0.6 is 0 Å². The van der Waals surface area contributed by atoms with E-state index in [1.165, 1.54) is 11.1 Å². The Morgan fingerprint density at radius 3 is 2.62 bits per heavy atom. The van der Waals surface area contributed by atoms with Crippen molar-refractivity contribution in [3.05, 3.63) is 53.9 Å². The summed E-state index contributed by atoms with van der Waals surface area (Å²) in [6.07, 6.45) is 5.79. The zero-order valence-corrected chi connectivity index (χ0v) is 12.9. The van der Waals surface area contributed by atoms with Gasteiger partial charge < -0.3 is 5.11 Å². The Balaban J connectivity index is 1.84. The van der Waals surface area contributed by atoms with Crippen molar-refractivity contribution in [2.45, 2.75) is 32.4 Å². The number of benzene rings is 1. The van der Waals surface area contributed by atoms with Crippen molar-refractivity contribution in [2.75, 3.05) is 13.1 Å². The number of aromatic nitrogens is 2. The molecule has 0 radical (unpaired) electrons. The average Bonchev–Trinajstić information content (AvgIpc) is 2.85. The van der Waals surface area contributed by atoms with Crippen LogP contribution in [0.4, 0.5) is 0 Å². The van der Waals surface area contributed by atoms with E-state index < -0.39 is 0 Å². The molecule has 0 fully saturated rings. The molecule has 0 amide bonds. The molecule has 4 nitrogen and oxygen atoms in total. The number of aryl methyl sites for hydroxylation is 2. The number of hydrogen-bond donors (Lipinski definition) is 1. The van der Waals surface area contributed by atoms with Crippen LogP contribution in [0.5, 0.6) is 0 Å². The lowest BCUT2D eigenvalue weighted by molar-refractivity contribution is 0.121. The molecule has 21 heavy (non-hydrogen) atoms. The van der Waals surface area contributed by atoms with Crippen LogP contribution in [-0.4, -0.2) is 39.0 Å². The Kier molecular flexibility index (Phi) is 5.96. The van der Waals surface area contributed by atoms with Crippen molar-refractivity contribution in [1.82, 2.24) is 14.7 Å². The summed E-state index contributed by atoms with van der Waals surface area (Å²) in [5.41, 5.74) is 2.56. The van der Waals surface area contributed by atoms with Gasteiger partial charge in [0, 0.05) is 26.3 Å². The highest BCUT2D eigenvalue weighted by molar-refractivity contribution is 5.14. The molecule has 0 unspecified atom stereocenters.